The van der Waals surface area contributed by atoms with Crippen LogP contribution in [0.2, 0.25) is 0 Å². The Morgan fingerprint density at radius 1 is 1.44 bits per heavy atom. The van der Waals surface area contributed by atoms with Crippen LogP contribution in [0.1, 0.15) is 11.4 Å². The van der Waals surface area contributed by atoms with Crippen molar-refractivity contribution in [2.45, 2.75) is 13.5 Å². The molecule has 0 saturated heterocycles. The van der Waals surface area contributed by atoms with Crippen LogP contribution >= 0.6 is 15.9 Å². The average Bonchev–Trinajstić information content (AvgIpc) is 2.65. The van der Waals surface area contributed by atoms with Crippen molar-refractivity contribution >= 4 is 15.9 Å². The standard InChI is InChI=1S/C10H11BrN4O/c1-7-9(11)10(16)15(6-13-7)4-8-3-12-5-14(8)2/h3,5-6H,4H2,1-2H3. The zero-order chi connectivity index (χ0) is 11.7. The summed E-state index contributed by atoms with van der Waals surface area (Å²) in [4.78, 5) is 20.0. The Balaban J connectivity index is 2.40. The van der Waals surface area contributed by atoms with Gasteiger partial charge in [0.2, 0.25) is 0 Å². The summed E-state index contributed by atoms with van der Waals surface area (Å²) in [7, 11) is 1.89. The van der Waals surface area contributed by atoms with Crippen LogP contribution < -0.4 is 5.56 Å². The summed E-state index contributed by atoms with van der Waals surface area (Å²) in [6, 6.07) is 0. The Morgan fingerprint density at radius 3 is 2.81 bits per heavy atom. The molecule has 6 heteroatoms. The van der Waals surface area contributed by atoms with E-state index in [0.29, 0.717) is 16.7 Å². The smallest absolute Gasteiger partial charge is 0.268 e. The lowest BCUT2D eigenvalue weighted by molar-refractivity contribution is 0.678. The molecule has 0 aliphatic heterocycles. The number of hydrogen-bond donors (Lipinski definition) is 0. The predicted octanol–water partition coefficient (Wildman–Crippen LogP) is 1.10. The quantitative estimate of drug-likeness (QED) is 0.829. The van der Waals surface area contributed by atoms with Crippen LogP contribution in [0.4, 0.5) is 0 Å². The van der Waals surface area contributed by atoms with E-state index in [-0.39, 0.29) is 5.56 Å². The number of halogens is 1. The number of hydrogen-bond acceptors (Lipinski definition) is 3. The molecular weight excluding hydrogens is 272 g/mol. The summed E-state index contributed by atoms with van der Waals surface area (Å²) in [6.45, 7) is 2.26. The summed E-state index contributed by atoms with van der Waals surface area (Å²) >= 11 is 3.23. The minimum absolute atomic E-state index is 0.0753. The SMILES string of the molecule is Cc1ncn(Cc2cncn2C)c(=O)c1Br. The van der Waals surface area contributed by atoms with Crippen molar-refractivity contribution in [1.29, 1.82) is 0 Å². The van der Waals surface area contributed by atoms with E-state index in [9.17, 15) is 4.79 Å². The van der Waals surface area contributed by atoms with E-state index in [4.69, 9.17) is 0 Å². The van der Waals surface area contributed by atoms with Crippen molar-refractivity contribution in [3.8, 4) is 0 Å². The van der Waals surface area contributed by atoms with Crippen LogP contribution in [0.3, 0.4) is 0 Å². The van der Waals surface area contributed by atoms with Gasteiger partial charge in [0.05, 0.1) is 30.6 Å². The molecule has 2 heterocycles. The first-order valence-corrected chi connectivity index (χ1v) is 5.55. The number of aryl methyl sites for hydroxylation is 2. The summed E-state index contributed by atoms with van der Waals surface area (Å²) < 4.78 is 3.94. The highest BCUT2D eigenvalue weighted by atomic mass is 79.9. The molecule has 2 rings (SSSR count). The van der Waals surface area contributed by atoms with Crippen LogP contribution in [-0.4, -0.2) is 19.1 Å². The zero-order valence-electron chi connectivity index (χ0n) is 9.01. The number of aromatic nitrogens is 4. The van der Waals surface area contributed by atoms with Gasteiger partial charge in [-0.15, -0.1) is 0 Å². The predicted molar refractivity (Wildman–Crippen MR) is 63.2 cm³/mol. The molecule has 0 spiro atoms. The highest BCUT2D eigenvalue weighted by molar-refractivity contribution is 9.10. The molecule has 0 N–H and O–H groups in total. The first kappa shape index (κ1) is 11.1. The summed E-state index contributed by atoms with van der Waals surface area (Å²) in [6.07, 6.45) is 4.99. The zero-order valence-corrected chi connectivity index (χ0v) is 10.6. The Kier molecular flexibility index (Phi) is 2.91. The number of imidazole rings is 1. The third-order valence-electron chi connectivity index (χ3n) is 2.41. The van der Waals surface area contributed by atoms with Crippen LogP contribution in [0, 0.1) is 6.92 Å². The van der Waals surface area contributed by atoms with Crippen molar-refractivity contribution in [2.75, 3.05) is 0 Å². The van der Waals surface area contributed by atoms with Crippen LogP contribution in [0.15, 0.2) is 28.1 Å². The molecule has 0 aliphatic rings. The van der Waals surface area contributed by atoms with Crippen LogP contribution in [-0.2, 0) is 13.6 Å². The largest absolute Gasteiger partial charge is 0.336 e. The van der Waals surface area contributed by atoms with E-state index < -0.39 is 0 Å². The lowest BCUT2D eigenvalue weighted by Crippen LogP contribution is -2.23. The maximum atomic E-state index is 11.9. The van der Waals surface area contributed by atoms with E-state index in [1.54, 1.807) is 30.3 Å². The average molecular weight is 283 g/mol. The van der Waals surface area contributed by atoms with Crippen LogP contribution in [0.25, 0.3) is 0 Å². The third-order valence-corrected chi connectivity index (χ3v) is 3.32. The topological polar surface area (TPSA) is 52.7 Å². The maximum Gasteiger partial charge on any atom is 0.268 e. The summed E-state index contributed by atoms with van der Waals surface area (Å²) in [5.74, 6) is 0. The van der Waals surface area contributed by atoms with E-state index in [1.165, 1.54) is 0 Å². The van der Waals surface area contributed by atoms with E-state index in [2.05, 4.69) is 25.9 Å². The van der Waals surface area contributed by atoms with Crippen molar-refractivity contribution in [3.05, 3.63) is 45.1 Å². The van der Waals surface area contributed by atoms with Crippen molar-refractivity contribution in [3.63, 3.8) is 0 Å². The molecule has 0 fully saturated rings. The van der Waals surface area contributed by atoms with Crippen molar-refractivity contribution in [1.82, 2.24) is 19.1 Å². The highest BCUT2D eigenvalue weighted by Crippen LogP contribution is 2.07. The molecular formula is C10H11BrN4O. The molecule has 0 aromatic carbocycles. The minimum Gasteiger partial charge on any atom is -0.336 e. The van der Waals surface area contributed by atoms with Gasteiger partial charge in [-0.3, -0.25) is 9.36 Å². The normalized spacial score (nSPS) is 10.7. The fourth-order valence-electron chi connectivity index (χ4n) is 1.37. The number of rotatable bonds is 2. The van der Waals surface area contributed by atoms with Crippen molar-refractivity contribution < 1.29 is 0 Å². The summed E-state index contributed by atoms with van der Waals surface area (Å²) in [5, 5.41) is 0. The van der Waals surface area contributed by atoms with Gasteiger partial charge >= 0.3 is 0 Å². The molecule has 0 unspecified atom stereocenters. The van der Waals surface area contributed by atoms with Gasteiger partial charge in [-0.05, 0) is 22.9 Å². The second kappa shape index (κ2) is 4.21. The fraction of sp³-hybridized carbons (Fsp3) is 0.300. The minimum atomic E-state index is -0.0753. The maximum absolute atomic E-state index is 11.9. The third kappa shape index (κ3) is 1.92. The van der Waals surface area contributed by atoms with E-state index in [1.807, 2.05) is 11.6 Å². The van der Waals surface area contributed by atoms with Gasteiger partial charge in [-0.2, -0.15) is 0 Å². The van der Waals surface area contributed by atoms with Gasteiger partial charge < -0.3 is 4.57 Å². The van der Waals surface area contributed by atoms with E-state index >= 15 is 0 Å². The molecule has 0 radical (unpaired) electrons. The molecule has 0 atom stereocenters. The molecule has 2 aromatic rings. The van der Waals surface area contributed by atoms with Crippen LogP contribution in [0.5, 0.6) is 0 Å². The lowest BCUT2D eigenvalue weighted by Gasteiger charge is -2.07. The fourth-order valence-corrected chi connectivity index (χ4v) is 1.70. The second-order valence-corrected chi connectivity index (χ2v) is 4.37. The Labute approximate surface area is 101 Å². The first-order valence-electron chi connectivity index (χ1n) is 4.76. The molecule has 16 heavy (non-hydrogen) atoms. The second-order valence-electron chi connectivity index (χ2n) is 3.57. The molecule has 84 valence electrons. The Bertz CT molecular complexity index is 572. The molecule has 5 nitrogen and oxygen atoms in total. The highest BCUT2D eigenvalue weighted by Gasteiger charge is 2.07. The van der Waals surface area contributed by atoms with Gasteiger partial charge in [0, 0.05) is 13.2 Å². The Morgan fingerprint density at radius 2 is 2.19 bits per heavy atom. The van der Waals surface area contributed by atoms with Crippen molar-refractivity contribution in [2.24, 2.45) is 7.05 Å². The first-order chi connectivity index (χ1) is 7.59. The number of nitrogens with zero attached hydrogens (tertiary/aromatic N) is 4. The van der Waals surface area contributed by atoms with Gasteiger partial charge in [0.15, 0.2) is 0 Å². The molecule has 0 bridgehead atoms. The van der Waals surface area contributed by atoms with Gasteiger partial charge in [-0.1, -0.05) is 0 Å². The molecule has 0 saturated carbocycles. The monoisotopic (exact) mass is 282 g/mol. The van der Waals surface area contributed by atoms with Gasteiger partial charge in [-0.25, -0.2) is 9.97 Å². The van der Waals surface area contributed by atoms with E-state index in [0.717, 1.165) is 5.69 Å². The lowest BCUT2D eigenvalue weighted by atomic mass is 10.4. The summed E-state index contributed by atoms with van der Waals surface area (Å²) in [5.41, 5.74) is 1.58. The molecule has 0 amide bonds. The van der Waals surface area contributed by atoms with Gasteiger partial charge in [0.25, 0.3) is 5.56 Å². The van der Waals surface area contributed by atoms with Gasteiger partial charge in [0.1, 0.15) is 4.47 Å². The molecule has 2 aromatic heterocycles. The molecule has 0 aliphatic carbocycles. The Hall–Kier alpha value is -1.43.